The van der Waals surface area contributed by atoms with E-state index < -0.39 is 49.2 Å². The van der Waals surface area contributed by atoms with Crippen LogP contribution in [0.15, 0.2) is 30.3 Å². The number of aromatic hydroxyl groups is 2. The summed E-state index contributed by atoms with van der Waals surface area (Å²) in [6.07, 6.45) is -8.30. The van der Waals surface area contributed by atoms with Crippen LogP contribution in [-0.4, -0.2) is 80.8 Å². The van der Waals surface area contributed by atoms with Gasteiger partial charge in [0, 0.05) is 12.1 Å². The summed E-state index contributed by atoms with van der Waals surface area (Å²) < 4.78 is 21.9. The van der Waals surface area contributed by atoms with Crippen LogP contribution >= 0.6 is 0 Å². The Bertz CT molecular complexity index is 1040. The number of aliphatic hydroxyl groups excluding tert-OH is 4. The normalized spacial score (nSPS) is 29.2. The molecular weight excluding hydrogens is 440 g/mol. The van der Waals surface area contributed by atoms with Crippen molar-refractivity contribution in [2.24, 2.45) is 0 Å². The van der Waals surface area contributed by atoms with Gasteiger partial charge in [0.15, 0.2) is 17.3 Å². The molecule has 0 radical (unpaired) electrons. The van der Waals surface area contributed by atoms with Crippen LogP contribution in [-0.2, 0) is 4.74 Å². The minimum Gasteiger partial charge on any atom is -0.507 e. The number of phenols is 2. The summed E-state index contributed by atoms with van der Waals surface area (Å²) in [5.41, 5.74) is 0.515. The molecule has 4 rings (SSSR count). The fraction of sp³-hybridized carbons (Fsp3) is 0.409. The number of fused-ring (bicyclic) bond motifs is 1. The molecule has 0 aromatic heterocycles. The molecule has 11 heteroatoms. The Kier molecular flexibility index (Phi) is 6.32. The van der Waals surface area contributed by atoms with E-state index in [1.54, 1.807) is 6.07 Å². The van der Waals surface area contributed by atoms with Gasteiger partial charge in [0.2, 0.25) is 6.29 Å². The first kappa shape index (κ1) is 23.1. The molecule has 2 aromatic rings. The molecule has 1 saturated heterocycles. The zero-order valence-corrected chi connectivity index (χ0v) is 17.5. The van der Waals surface area contributed by atoms with Crippen LogP contribution < -0.4 is 14.2 Å². The maximum Gasteiger partial charge on any atom is 0.229 e. The quantitative estimate of drug-likeness (QED) is 0.351. The highest BCUT2D eigenvalue weighted by atomic mass is 16.7. The lowest BCUT2D eigenvalue weighted by Crippen LogP contribution is -2.60. The van der Waals surface area contributed by atoms with Gasteiger partial charge in [0.25, 0.3) is 0 Å². The molecule has 6 N–H and O–H groups in total. The smallest absolute Gasteiger partial charge is 0.229 e. The van der Waals surface area contributed by atoms with Crippen LogP contribution in [0, 0.1) is 0 Å². The van der Waals surface area contributed by atoms with E-state index >= 15 is 0 Å². The summed E-state index contributed by atoms with van der Waals surface area (Å²) in [7, 11) is 1.39. The lowest BCUT2D eigenvalue weighted by atomic mass is 9.95. The van der Waals surface area contributed by atoms with Crippen LogP contribution in [0.25, 0.3) is 0 Å². The van der Waals surface area contributed by atoms with Crippen molar-refractivity contribution in [1.82, 2.24) is 0 Å². The second kappa shape index (κ2) is 9.04. The second-order valence-electron chi connectivity index (χ2n) is 7.80. The number of hydrogen-bond donors (Lipinski definition) is 6. The highest BCUT2D eigenvalue weighted by Crippen LogP contribution is 2.43. The number of aliphatic hydroxyl groups is 4. The molecule has 1 fully saturated rings. The molecule has 11 nitrogen and oxygen atoms in total. The summed E-state index contributed by atoms with van der Waals surface area (Å²) in [5.74, 6) is -0.701. The van der Waals surface area contributed by atoms with Gasteiger partial charge in [-0.1, -0.05) is 6.07 Å². The first-order valence-electron chi connectivity index (χ1n) is 10.1. The Morgan fingerprint density at radius 2 is 1.79 bits per heavy atom. The molecule has 6 atom stereocenters. The minimum atomic E-state index is -1.65. The number of methoxy groups -OCH3 is 1. The van der Waals surface area contributed by atoms with Gasteiger partial charge in [-0.2, -0.15) is 0 Å². The van der Waals surface area contributed by atoms with Crippen molar-refractivity contribution in [3.63, 3.8) is 0 Å². The van der Waals surface area contributed by atoms with Gasteiger partial charge in [-0.15, -0.1) is 0 Å². The Morgan fingerprint density at radius 1 is 1.03 bits per heavy atom. The number of hydrogen-bond acceptors (Lipinski definition) is 11. The van der Waals surface area contributed by atoms with Crippen molar-refractivity contribution >= 4 is 5.78 Å². The van der Waals surface area contributed by atoms with Crippen LogP contribution in [0.5, 0.6) is 28.7 Å². The lowest BCUT2D eigenvalue weighted by molar-refractivity contribution is -0.277. The topological polar surface area (TPSA) is 175 Å². The molecule has 2 aliphatic rings. The number of Topliss-reactive ketones (excluding diaryl/α,β-unsaturated/α-hetero) is 1. The minimum absolute atomic E-state index is 0.0166. The lowest BCUT2D eigenvalue weighted by Gasteiger charge is -2.39. The SMILES string of the molecule is COc1cc(C2CC(=O)c3c(O)cc(O[C@@H]4O[C@H](CO)[C@@H](O)[C@H](O)[C@H]4O)cc3O2)ccc1O. The molecule has 0 saturated carbocycles. The molecule has 33 heavy (non-hydrogen) atoms. The van der Waals surface area contributed by atoms with E-state index in [1.165, 1.54) is 25.3 Å². The van der Waals surface area contributed by atoms with Gasteiger partial charge in [0.1, 0.15) is 53.3 Å². The third-order valence-electron chi connectivity index (χ3n) is 5.65. The number of phenolic OH excluding ortho intramolecular Hbond substituents is 2. The van der Waals surface area contributed by atoms with E-state index in [0.717, 1.165) is 6.07 Å². The highest BCUT2D eigenvalue weighted by Gasteiger charge is 2.45. The highest BCUT2D eigenvalue weighted by molar-refractivity contribution is 6.02. The van der Waals surface area contributed by atoms with Crippen molar-refractivity contribution in [3.8, 4) is 28.7 Å². The first-order chi connectivity index (χ1) is 15.7. The number of ketones is 1. The number of carbonyl (C=O) groups excluding carboxylic acids is 1. The molecule has 2 aliphatic heterocycles. The largest absolute Gasteiger partial charge is 0.507 e. The molecule has 0 aliphatic carbocycles. The fourth-order valence-corrected chi connectivity index (χ4v) is 3.86. The van der Waals surface area contributed by atoms with E-state index in [4.69, 9.17) is 18.9 Å². The van der Waals surface area contributed by atoms with E-state index in [0.29, 0.717) is 5.56 Å². The molecule has 178 valence electrons. The van der Waals surface area contributed by atoms with Gasteiger partial charge >= 0.3 is 0 Å². The zero-order chi connectivity index (χ0) is 23.9. The predicted molar refractivity (Wildman–Crippen MR) is 109 cm³/mol. The second-order valence-corrected chi connectivity index (χ2v) is 7.80. The number of benzene rings is 2. The number of rotatable bonds is 5. The van der Waals surface area contributed by atoms with Crippen molar-refractivity contribution < 1.29 is 54.4 Å². The van der Waals surface area contributed by atoms with Crippen molar-refractivity contribution in [1.29, 1.82) is 0 Å². The van der Waals surface area contributed by atoms with Gasteiger partial charge in [0.05, 0.1) is 20.1 Å². The first-order valence-corrected chi connectivity index (χ1v) is 10.1. The van der Waals surface area contributed by atoms with Gasteiger partial charge in [-0.25, -0.2) is 0 Å². The summed E-state index contributed by atoms with van der Waals surface area (Å²) in [4.78, 5) is 12.7. The van der Waals surface area contributed by atoms with Crippen molar-refractivity contribution in [2.75, 3.05) is 13.7 Å². The predicted octanol–water partition coefficient (Wildman–Crippen LogP) is -0.00840. The molecule has 1 unspecified atom stereocenters. The monoisotopic (exact) mass is 464 g/mol. The van der Waals surface area contributed by atoms with Crippen LogP contribution in [0.1, 0.15) is 28.4 Å². The summed E-state index contributed by atoms with van der Waals surface area (Å²) >= 11 is 0. The Labute approximate surface area is 188 Å². The number of ether oxygens (including phenoxy) is 4. The number of carbonyl (C=O) groups is 1. The van der Waals surface area contributed by atoms with Crippen LogP contribution in [0.2, 0.25) is 0 Å². The van der Waals surface area contributed by atoms with Gasteiger partial charge < -0.3 is 49.6 Å². The van der Waals surface area contributed by atoms with E-state index in [2.05, 4.69) is 0 Å². The standard InChI is InChI=1S/C22H24O11/c1-30-15-4-9(2-3-11(15)24)14-7-13(26)18-12(25)5-10(6-16(18)32-14)31-22-21(29)20(28)19(27)17(8-23)33-22/h2-6,14,17,19-25,27-29H,7-8H2,1H3/t14?,17-,19-,20+,21-,22-/m1/s1. The van der Waals surface area contributed by atoms with E-state index in [-0.39, 0.29) is 40.8 Å². The molecule has 0 bridgehead atoms. The Hall–Kier alpha value is -3.09. The van der Waals surface area contributed by atoms with Gasteiger partial charge in [-0.3, -0.25) is 4.79 Å². The molecule has 2 heterocycles. The van der Waals surface area contributed by atoms with Crippen LogP contribution in [0.4, 0.5) is 0 Å². The molecule has 0 amide bonds. The Morgan fingerprint density at radius 3 is 2.48 bits per heavy atom. The van der Waals surface area contributed by atoms with E-state index in [1.807, 2.05) is 0 Å². The molecular formula is C22H24O11. The van der Waals surface area contributed by atoms with Crippen molar-refractivity contribution in [2.45, 2.75) is 43.2 Å². The maximum atomic E-state index is 12.7. The fourth-order valence-electron chi connectivity index (χ4n) is 3.86. The summed E-state index contributed by atoms with van der Waals surface area (Å²) in [5, 5.41) is 59.5. The summed E-state index contributed by atoms with van der Waals surface area (Å²) in [6.45, 7) is -0.629. The zero-order valence-electron chi connectivity index (χ0n) is 17.5. The molecule has 2 aromatic carbocycles. The average molecular weight is 464 g/mol. The van der Waals surface area contributed by atoms with Gasteiger partial charge in [-0.05, 0) is 17.7 Å². The Balaban J connectivity index is 1.60. The molecule has 0 spiro atoms. The van der Waals surface area contributed by atoms with Crippen LogP contribution in [0.3, 0.4) is 0 Å². The van der Waals surface area contributed by atoms with E-state index in [9.17, 15) is 35.4 Å². The average Bonchev–Trinajstić information content (AvgIpc) is 2.79. The third-order valence-corrected chi connectivity index (χ3v) is 5.65. The summed E-state index contributed by atoms with van der Waals surface area (Å²) in [6, 6.07) is 6.97. The van der Waals surface area contributed by atoms with Crippen molar-refractivity contribution in [3.05, 3.63) is 41.5 Å². The maximum absolute atomic E-state index is 12.7. The third kappa shape index (κ3) is 4.28.